The molecule has 6 nitrogen and oxygen atoms in total. The number of piperidine rings is 1. The van der Waals surface area contributed by atoms with Gasteiger partial charge in [-0.25, -0.2) is 0 Å². The summed E-state index contributed by atoms with van der Waals surface area (Å²) in [6.07, 6.45) is 2.37. The number of carbonyl (C=O) groups excluding carboxylic acids is 2. The summed E-state index contributed by atoms with van der Waals surface area (Å²) in [6, 6.07) is 7.86. The zero-order valence-corrected chi connectivity index (χ0v) is 15.7. The van der Waals surface area contributed by atoms with Crippen molar-refractivity contribution in [1.29, 1.82) is 0 Å². The molecule has 2 saturated heterocycles. The van der Waals surface area contributed by atoms with Crippen LogP contribution in [0.25, 0.3) is 0 Å². The first-order valence-electron chi connectivity index (χ1n) is 9.39. The molecule has 3 rings (SSSR count). The van der Waals surface area contributed by atoms with Crippen LogP contribution in [0, 0.1) is 11.8 Å². The van der Waals surface area contributed by atoms with E-state index in [0.717, 1.165) is 31.4 Å². The second-order valence-electron chi connectivity index (χ2n) is 7.70. The predicted octanol–water partition coefficient (Wildman–Crippen LogP) is 1.49. The minimum Gasteiger partial charge on any atom is -0.377 e. The molecule has 0 saturated carbocycles. The van der Waals surface area contributed by atoms with Crippen LogP contribution in [0.2, 0.25) is 0 Å². The Kier molecular flexibility index (Phi) is 5.94. The van der Waals surface area contributed by atoms with Gasteiger partial charge in [-0.15, -0.1) is 0 Å². The molecule has 2 atom stereocenters. The first kappa shape index (κ1) is 18.9. The molecule has 2 N–H and O–H groups in total. The number of primary amides is 1. The van der Waals surface area contributed by atoms with Gasteiger partial charge in [-0.3, -0.25) is 9.59 Å². The Morgan fingerprint density at radius 3 is 2.38 bits per heavy atom. The lowest BCUT2D eigenvalue weighted by Gasteiger charge is -2.35. The summed E-state index contributed by atoms with van der Waals surface area (Å²) in [4.78, 5) is 28.3. The zero-order chi connectivity index (χ0) is 18.7. The van der Waals surface area contributed by atoms with Gasteiger partial charge in [0.05, 0.1) is 12.0 Å². The van der Waals surface area contributed by atoms with Crippen LogP contribution in [0.3, 0.4) is 0 Å². The van der Waals surface area contributed by atoms with Gasteiger partial charge in [0, 0.05) is 31.8 Å². The minimum absolute atomic E-state index is 0.0740. The third kappa shape index (κ3) is 4.24. The predicted molar refractivity (Wildman–Crippen MR) is 99.5 cm³/mol. The molecule has 1 aromatic rings. The Morgan fingerprint density at radius 2 is 1.81 bits per heavy atom. The fraction of sp³-hybridized carbons (Fsp3) is 0.600. The third-order valence-electron chi connectivity index (χ3n) is 5.49. The van der Waals surface area contributed by atoms with Crippen LogP contribution in [0.5, 0.6) is 0 Å². The van der Waals surface area contributed by atoms with E-state index in [1.165, 1.54) is 5.56 Å². The van der Waals surface area contributed by atoms with Crippen LogP contribution in [0.4, 0.5) is 0 Å². The largest absolute Gasteiger partial charge is 0.377 e. The highest BCUT2D eigenvalue weighted by Gasteiger charge is 2.39. The van der Waals surface area contributed by atoms with E-state index >= 15 is 0 Å². The number of rotatable bonds is 5. The van der Waals surface area contributed by atoms with Crippen molar-refractivity contribution >= 4 is 11.8 Å². The van der Waals surface area contributed by atoms with E-state index in [1.54, 1.807) is 0 Å². The highest BCUT2D eigenvalue weighted by Crippen LogP contribution is 2.33. The van der Waals surface area contributed by atoms with Gasteiger partial charge in [0.2, 0.25) is 5.91 Å². The fourth-order valence-corrected chi connectivity index (χ4v) is 4.11. The van der Waals surface area contributed by atoms with Crippen LogP contribution in [-0.2, 0) is 16.1 Å². The van der Waals surface area contributed by atoms with Gasteiger partial charge in [0.15, 0.2) is 0 Å². The first-order valence-corrected chi connectivity index (χ1v) is 9.39. The minimum atomic E-state index is -0.260. The number of hydrogen-bond acceptors (Lipinski definition) is 4. The number of hydrogen-bond donors (Lipinski definition) is 1. The van der Waals surface area contributed by atoms with Gasteiger partial charge >= 0.3 is 0 Å². The number of likely N-dealkylation sites (tertiary alicyclic amines) is 1. The quantitative estimate of drug-likeness (QED) is 0.864. The number of carbonyl (C=O) groups is 2. The molecule has 0 radical (unpaired) electrons. The molecule has 2 amide bonds. The lowest BCUT2D eigenvalue weighted by atomic mass is 9.84. The maximum Gasteiger partial charge on any atom is 0.253 e. The molecule has 142 valence electrons. The lowest BCUT2D eigenvalue weighted by molar-refractivity contribution is -0.124. The van der Waals surface area contributed by atoms with Crippen LogP contribution in [0.15, 0.2) is 24.3 Å². The van der Waals surface area contributed by atoms with Crippen molar-refractivity contribution in [2.45, 2.75) is 31.9 Å². The molecule has 0 unspecified atom stereocenters. The van der Waals surface area contributed by atoms with Gasteiger partial charge in [-0.05, 0) is 57.0 Å². The van der Waals surface area contributed by atoms with E-state index in [9.17, 15) is 9.59 Å². The molecule has 1 aromatic carbocycles. The summed E-state index contributed by atoms with van der Waals surface area (Å²) in [7, 11) is 4.06. The van der Waals surface area contributed by atoms with Crippen molar-refractivity contribution < 1.29 is 14.3 Å². The molecule has 0 aromatic heterocycles. The molecule has 2 aliphatic heterocycles. The van der Waals surface area contributed by atoms with Crippen molar-refractivity contribution in [3.63, 3.8) is 0 Å². The van der Waals surface area contributed by atoms with E-state index in [1.807, 2.05) is 43.3 Å². The average Bonchev–Trinajstić information content (AvgIpc) is 3.11. The third-order valence-corrected chi connectivity index (χ3v) is 5.49. The Labute approximate surface area is 155 Å². The molecule has 2 aliphatic rings. The Hall–Kier alpha value is -1.92. The van der Waals surface area contributed by atoms with E-state index in [0.29, 0.717) is 25.6 Å². The van der Waals surface area contributed by atoms with Crippen LogP contribution < -0.4 is 5.73 Å². The Balaban J connectivity index is 1.56. The van der Waals surface area contributed by atoms with Crippen molar-refractivity contribution in [2.24, 2.45) is 17.6 Å². The van der Waals surface area contributed by atoms with Gasteiger partial charge in [0.25, 0.3) is 5.91 Å². The van der Waals surface area contributed by atoms with E-state index < -0.39 is 0 Å². The molecule has 2 fully saturated rings. The molecule has 0 aliphatic carbocycles. The Morgan fingerprint density at radius 1 is 1.15 bits per heavy atom. The number of benzene rings is 1. The topological polar surface area (TPSA) is 75.9 Å². The molecule has 6 heteroatoms. The molecule has 0 spiro atoms. The maximum absolute atomic E-state index is 12.7. The summed E-state index contributed by atoms with van der Waals surface area (Å²) in [5.41, 5.74) is 7.43. The second kappa shape index (κ2) is 8.18. The second-order valence-corrected chi connectivity index (χ2v) is 7.70. The van der Waals surface area contributed by atoms with Crippen LogP contribution in [-0.4, -0.2) is 61.5 Å². The summed E-state index contributed by atoms with van der Waals surface area (Å²) in [5.74, 6) is -0.0459. The van der Waals surface area contributed by atoms with Crippen molar-refractivity contribution in [2.75, 3.05) is 33.8 Å². The summed E-state index contributed by atoms with van der Waals surface area (Å²) in [6.45, 7) is 2.88. The van der Waals surface area contributed by atoms with Crippen molar-refractivity contribution in [3.05, 3.63) is 35.4 Å². The molecule has 2 heterocycles. The van der Waals surface area contributed by atoms with E-state index in [2.05, 4.69) is 4.90 Å². The molecular formula is C20H29N3O3. The number of amides is 2. The maximum atomic E-state index is 12.7. The number of nitrogens with two attached hydrogens (primary N) is 1. The van der Waals surface area contributed by atoms with Crippen molar-refractivity contribution in [1.82, 2.24) is 9.80 Å². The van der Waals surface area contributed by atoms with E-state index in [4.69, 9.17) is 10.5 Å². The lowest BCUT2D eigenvalue weighted by Crippen LogP contribution is -2.44. The zero-order valence-electron chi connectivity index (χ0n) is 15.7. The molecule has 26 heavy (non-hydrogen) atoms. The van der Waals surface area contributed by atoms with Crippen molar-refractivity contribution in [3.8, 4) is 0 Å². The van der Waals surface area contributed by atoms with Crippen LogP contribution >= 0.6 is 0 Å². The summed E-state index contributed by atoms with van der Waals surface area (Å²) >= 11 is 0. The normalized spacial score (nSPS) is 24.2. The number of nitrogens with zero attached hydrogens (tertiary/aromatic N) is 2. The highest BCUT2D eigenvalue weighted by atomic mass is 16.5. The number of ether oxygens (including phenoxy) is 1. The fourth-order valence-electron chi connectivity index (χ4n) is 4.11. The first-order chi connectivity index (χ1) is 12.5. The standard InChI is InChI=1S/C20H29N3O3/c1-22(2)13-14-3-5-16(6-4-14)20(25)23-10-7-15(8-11-23)18-17(19(21)24)9-12-26-18/h3-6,15,17-18H,7-13H2,1-2H3,(H2,21,24)/t17-,18+/m0/s1. The average molecular weight is 359 g/mol. The highest BCUT2D eigenvalue weighted by molar-refractivity contribution is 5.94. The van der Waals surface area contributed by atoms with Gasteiger partial charge in [0.1, 0.15) is 0 Å². The monoisotopic (exact) mass is 359 g/mol. The summed E-state index contributed by atoms with van der Waals surface area (Å²) in [5, 5.41) is 0. The van der Waals surface area contributed by atoms with Crippen LogP contribution in [0.1, 0.15) is 35.2 Å². The summed E-state index contributed by atoms with van der Waals surface area (Å²) < 4.78 is 5.78. The molecular weight excluding hydrogens is 330 g/mol. The van der Waals surface area contributed by atoms with Gasteiger partial charge < -0.3 is 20.3 Å². The SMILES string of the molecule is CN(C)Cc1ccc(C(=O)N2CCC([C@H]3OCC[C@@H]3C(N)=O)CC2)cc1. The van der Waals surface area contributed by atoms with Gasteiger partial charge in [-0.1, -0.05) is 12.1 Å². The molecule has 0 bridgehead atoms. The smallest absolute Gasteiger partial charge is 0.253 e. The van der Waals surface area contributed by atoms with E-state index in [-0.39, 0.29) is 23.8 Å². The van der Waals surface area contributed by atoms with Gasteiger partial charge in [-0.2, -0.15) is 0 Å². The Bertz CT molecular complexity index is 636.